The highest BCUT2D eigenvalue weighted by Crippen LogP contribution is 2.15. The average molecular weight is 225 g/mol. The van der Waals surface area contributed by atoms with E-state index < -0.39 is 11.5 Å². The molecule has 0 amide bonds. The first kappa shape index (κ1) is 12.2. The van der Waals surface area contributed by atoms with Crippen LogP contribution in [0.4, 0.5) is 5.82 Å². The first-order chi connectivity index (χ1) is 7.37. The molecule has 16 heavy (non-hydrogen) atoms. The van der Waals surface area contributed by atoms with Crippen LogP contribution in [0.2, 0.25) is 0 Å². The van der Waals surface area contributed by atoms with Crippen LogP contribution in [0, 0.1) is 6.92 Å². The van der Waals surface area contributed by atoms with Crippen molar-refractivity contribution in [1.82, 2.24) is 9.97 Å². The number of anilines is 1. The number of nitrogens with zero attached hydrogens (tertiary/aromatic N) is 1. The smallest absolute Gasteiger partial charge is 0.329 e. The molecule has 0 spiro atoms. The van der Waals surface area contributed by atoms with Crippen LogP contribution in [0.5, 0.6) is 0 Å². The van der Waals surface area contributed by atoms with Crippen molar-refractivity contribution >= 4 is 11.8 Å². The van der Waals surface area contributed by atoms with Gasteiger partial charge in [0.2, 0.25) is 0 Å². The zero-order valence-electron chi connectivity index (χ0n) is 9.50. The number of carbonyl (C=O) groups is 1. The minimum Gasteiger partial charge on any atom is -0.480 e. The number of hydrogen-bond acceptors (Lipinski definition) is 4. The molecule has 0 saturated heterocycles. The maximum Gasteiger partial charge on any atom is 0.329 e. The lowest BCUT2D eigenvalue weighted by molar-refractivity contribution is -0.141. The number of H-pyrrole nitrogens is 1. The predicted octanol–water partition coefficient (Wildman–Crippen LogP) is 0.744. The number of rotatable bonds is 4. The molecule has 0 aliphatic carbocycles. The standard InChI is InChI=1S/C10H15N3O3/c1-4-10(3,9(15)16)13-7-5-8(14)12-6(2)11-7/h5H,4H2,1-3H3,(H,15,16)(H2,11,12,13,14). The highest BCUT2D eigenvalue weighted by atomic mass is 16.4. The Morgan fingerprint density at radius 2 is 2.31 bits per heavy atom. The lowest BCUT2D eigenvalue weighted by atomic mass is 9.99. The third-order valence-corrected chi connectivity index (χ3v) is 2.44. The van der Waals surface area contributed by atoms with Gasteiger partial charge in [-0.15, -0.1) is 0 Å². The topological polar surface area (TPSA) is 95.1 Å². The fourth-order valence-corrected chi connectivity index (χ4v) is 1.22. The summed E-state index contributed by atoms with van der Waals surface area (Å²) in [6, 6.07) is 1.24. The van der Waals surface area contributed by atoms with E-state index in [0.717, 1.165) is 0 Å². The zero-order valence-corrected chi connectivity index (χ0v) is 9.50. The van der Waals surface area contributed by atoms with Gasteiger partial charge in [-0.05, 0) is 20.3 Å². The van der Waals surface area contributed by atoms with Gasteiger partial charge in [-0.1, -0.05) is 6.92 Å². The highest BCUT2D eigenvalue weighted by Gasteiger charge is 2.31. The van der Waals surface area contributed by atoms with Gasteiger partial charge >= 0.3 is 5.97 Å². The van der Waals surface area contributed by atoms with E-state index in [1.807, 2.05) is 0 Å². The van der Waals surface area contributed by atoms with Gasteiger partial charge in [-0.25, -0.2) is 9.78 Å². The maximum absolute atomic E-state index is 11.2. The van der Waals surface area contributed by atoms with Gasteiger partial charge in [0, 0.05) is 6.07 Å². The number of carboxylic acid groups (broad SMARTS) is 1. The van der Waals surface area contributed by atoms with E-state index in [4.69, 9.17) is 5.11 Å². The molecule has 0 bridgehead atoms. The Hall–Kier alpha value is -1.85. The molecule has 1 heterocycles. The van der Waals surface area contributed by atoms with Crippen LogP contribution in [0.1, 0.15) is 26.1 Å². The Bertz CT molecular complexity index is 455. The zero-order chi connectivity index (χ0) is 12.3. The van der Waals surface area contributed by atoms with Crippen molar-refractivity contribution in [1.29, 1.82) is 0 Å². The summed E-state index contributed by atoms with van der Waals surface area (Å²) in [5, 5.41) is 11.8. The summed E-state index contributed by atoms with van der Waals surface area (Å²) in [5.74, 6) is -0.262. The summed E-state index contributed by atoms with van der Waals surface area (Å²) in [6.45, 7) is 4.94. The third-order valence-electron chi connectivity index (χ3n) is 2.44. The van der Waals surface area contributed by atoms with E-state index in [-0.39, 0.29) is 11.4 Å². The molecular formula is C10H15N3O3. The Kier molecular flexibility index (Phi) is 3.31. The van der Waals surface area contributed by atoms with Crippen molar-refractivity contribution in [3.05, 3.63) is 22.2 Å². The number of nitrogens with one attached hydrogen (secondary N) is 2. The summed E-state index contributed by atoms with van der Waals surface area (Å²) in [6.07, 6.45) is 0.385. The molecule has 1 rings (SSSR count). The van der Waals surface area contributed by atoms with E-state index >= 15 is 0 Å². The van der Waals surface area contributed by atoms with Crippen molar-refractivity contribution in [3.8, 4) is 0 Å². The van der Waals surface area contributed by atoms with E-state index in [2.05, 4.69) is 15.3 Å². The monoisotopic (exact) mass is 225 g/mol. The molecule has 1 aromatic rings. The highest BCUT2D eigenvalue weighted by molar-refractivity contribution is 5.81. The number of aromatic amines is 1. The number of hydrogen-bond donors (Lipinski definition) is 3. The molecule has 1 atom stereocenters. The fraction of sp³-hybridized carbons (Fsp3) is 0.500. The Morgan fingerprint density at radius 3 is 2.75 bits per heavy atom. The Balaban J connectivity index is 3.03. The van der Waals surface area contributed by atoms with Crippen LogP contribution in [-0.4, -0.2) is 26.6 Å². The summed E-state index contributed by atoms with van der Waals surface area (Å²) in [4.78, 5) is 28.7. The second-order valence-corrected chi connectivity index (χ2v) is 3.83. The van der Waals surface area contributed by atoms with Crippen LogP contribution in [0.3, 0.4) is 0 Å². The van der Waals surface area contributed by atoms with Crippen LogP contribution in [0.25, 0.3) is 0 Å². The second-order valence-electron chi connectivity index (χ2n) is 3.83. The van der Waals surface area contributed by atoms with Crippen molar-refractivity contribution in [3.63, 3.8) is 0 Å². The number of carboxylic acids is 1. The molecule has 88 valence electrons. The summed E-state index contributed by atoms with van der Waals surface area (Å²) in [5.41, 5.74) is -1.42. The number of aryl methyl sites for hydroxylation is 1. The van der Waals surface area contributed by atoms with E-state index in [1.165, 1.54) is 6.07 Å². The first-order valence-corrected chi connectivity index (χ1v) is 4.97. The van der Waals surface area contributed by atoms with Crippen LogP contribution in [0.15, 0.2) is 10.9 Å². The summed E-state index contributed by atoms with van der Waals surface area (Å²) < 4.78 is 0. The molecule has 0 aliphatic rings. The SMILES string of the molecule is CCC(C)(Nc1cc(=O)[nH]c(C)n1)C(=O)O. The van der Waals surface area contributed by atoms with Crippen molar-refractivity contribution in [2.75, 3.05) is 5.32 Å². The minimum absolute atomic E-state index is 0.271. The lowest BCUT2D eigenvalue weighted by Crippen LogP contribution is -2.43. The van der Waals surface area contributed by atoms with E-state index in [0.29, 0.717) is 12.2 Å². The van der Waals surface area contributed by atoms with Crippen molar-refractivity contribution < 1.29 is 9.90 Å². The van der Waals surface area contributed by atoms with Gasteiger partial charge < -0.3 is 15.4 Å². The molecule has 3 N–H and O–H groups in total. The largest absolute Gasteiger partial charge is 0.480 e. The molecule has 0 saturated carbocycles. The molecule has 0 fully saturated rings. The van der Waals surface area contributed by atoms with Gasteiger partial charge in [-0.2, -0.15) is 0 Å². The molecule has 0 aromatic carbocycles. The number of aliphatic carboxylic acids is 1. The van der Waals surface area contributed by atoms with Crippen LogP contribution < -0.4 is 10.9 Å². The van der Waals surface area contributed by atoms with E-state index in [1.54, 1.807) is 20.8 Å². The first-order valence-electron chi connectivity index (χ1n) is 4.97. The third kappa shape index (κ3) is 2.59. The average Bonchev–Trinajstić information content (AvgIpc) is 2.15. The maximum atomic E-state index is 11.2. The minimum atomic E-state index is -1.12. The molecule has 0 radical (unpaired) electrons. The Labute approximate surface area is 92.7 Å². The lowest BCUT2D eigenvalue weighted by Gasteiger charge is -2.25. The predicted molar refractivity (Wildman–Crippen MR) is 59.5 cm³/mol. The Morgan fingerprint density at radius 1 is 1.69 bits per heavy atom. The molecule has 6 nitrogen and oxygen atoms in total. The summed E-state index contributed by atoms with van der Waals surface area (Å²) in [7, 11) is 0. The van der Waals surface area contributed by atoms with Crippen LogP contribution in [-0.2, 0) is 4.79 Å². The van der Waals surface area contributed by atoms with Gasteiger partial charge in [0.1, 0.15) is 17.2 Å². The van der Waals surface area contributed by atoms with E-state index in [9.17, 15) is 9.59 Å². The molecule has 1 aromatic heterocycles. The molecular weight excluding hydrogens is 210 g/mol. The van der Waals surface area contributed by atoms with Gasteiger partial charge in [0.15, 0.2) is 0 Å². The van der Waals surface area contributed by atoms with Gasteiger partial charge in [0.25, 0.3) is 5.56 Å². The quantitative estimate of drug-likeness (QED) is 0.702. The summed E-state index contributed by atoms with van der Waals surface area (Å²) >= 11 is 0. The normalized spacial score (nSPS) is 14.2. The molecule has 0 aliphatic heterocycles. The van der Waals surface area contributed by atoms with Gasteiger partial charge in [0.05, 0.1) is 0 Å². The second kappa shape index (κ2) is 4.34. The molecule has 1 unspecified atom stereocenters. The number of aromatic nitrogens is 2. The van der Waals surface area contributed by atoms with Gasteiger partial charge in [-0.3, -0.25) is 4.79 Å². The fourth-order valence-electron chi connectivity index (χ4n) is 1.22. The van der Waals surface area contributed by atoms with Crippen molar-refractivity contribution in [2.24, 2.45) is 0 Å². The van der Waals surface area contributed by atoms with Crippen LogP contribution >= 0.6 is 0 Å². The molecule has 6 heteroatoms. The van der Waals surface area contributed by atoms with Crippen molar-refractivity contribution in [2.45, 2.75) is 32.7 Å².